The van der Waals surface area contributed by atoms with E-state index in [2.05, 4.69) is 24.8 Å². The van der Waals surface area contributed by atoms with Gasteiger partial charge < -0.3 is 14.4 Å². The van der Waals surface area contributed by atoms with E-state index in [0.717, 1.165) is 55.0 Å². The van der Waals surface area contributed by atoms with Gasteiger partial charge in [-0.2, -0.15) is 0 Å². The quantitative estimate of drug-likeness (QED) is 0.781. The second-order valence-electron chi connectivity index (χ2n) is 6.11. The highest BCUT2D eigenvalue weighted by atomic mass is 32.2. The minimum absolute atomic E-state index is 0.104. The van der Waals surface area contributed by atoms with Gasteiger partial charge in [0.2, 0.25) is 12.7 Å². The first-order chi connectivity index (χ1) is 11.2. The minimum Gasteiger partial charge on any atom is -0.454 e. The third kappa shape index (κ3) is 3.44. The zero-order valence-electron chi connectivity index (χ0n) is 13.9. The lowest BCUT2D eigenvalue weighted by molar-refractivity contribution is -0.136. The Bertz CT molecular complexity index is 563. The first-order valence-corrected chi connectivity index (χ1v) is 9.61. The van der Waals surface area contributed by atoms with Crippen LogP contribution in [0.15, 0.2) is 18.2 Å². The normalized spacial score (nSPS) is 20.8. The van der Waals surface area contributed by atoms with Gasteiger partial charge in [-0.15, -0.1) is 11.8 Å². The van der Waals surface area contributed by atoms with Gasteiger partial charge >= 0.3 is 0 Å². The third-order valence-electron chi connectivity index (χ3n) is 4.60. The Labute approximate surface area is 142 Å². The van der Waals surface area contributed by atoms with Gasteiger partial charge in [-0.05, 0) is 30.5 Å². The number of thioether (sulfide) groups is 1. The van der Waals surface area contributed by atoms with Crippen molar-refractivity contribution >= 4 is 17.7 Å². The first kappa shape index (κ1) is 16.5. The van der Waals surface area contributed by atoms with E-state index < -0.39 is 0 Å². The molecule has 0 saturated carbocycles. The summed E-state index contributed by atoms with van der Waals surface area (Å²) in [5, 5.41) is 0.104. The summed E-state index contributed by atoms with van der Waals surface area (Å²) in [6.07, 6.45) is 4.19. The van der Waals surface area contributed by atoms with Gasteiger partial charge in [0.1, 0.15) is 5.37 Å². The highest BCUT2D eigenvalue weighted by molar-refractivity contribution is 7.99. The predicted molar refractivity (Wildman–Crippen MR) is 92.8 cm³/mol. The molecule has 3 rings (SSSR count). The number of hydrogen-bond acceptors (Lipinski definition) is 4. The van der Waals surface area contributed by atoms with Crippen molar-refractivity contribution in [2.24, 2.45) is 5.92 Å². The molecule has 23 heavy (non-hydrogen) atoms. The number of carbonyl (C=O) groups is 1. The van der Waals surface area contributed by atoms with E-state index in [1.807, 2.05) is 23.9 Å². The fraction of sp³-hybridized carbons (Fsp3) is 0.611. The molecule has 1 saturated heterocycles. The average Bonchev–Trinajstić information content (AvgIpc) is 3.23. The molecule has 0 aromatic heterocycles. The highest BCUT2D eigenvalue weighted by Gasteiger charge is 2.34. The topological polar surface area (TPSA) is 38.8 Å². The summed E-state index contributed by atoms with van der Waals surface area (Å²) in [7, 11) is 0. The van der Waals surface area contributed by atoms with E-state index in [-0.39, 0.29) is 18.1 Å². The molecular weight excluding hydrogens is 310 g/mol. The third-order valence-corrected chi connectivity index (χ3v) is 5.86. The Hall–Kier alpha value is -1.36. The van der Waals surface area contributed by atoms with Crippen LogP contribution >= 0.6 is 11.8 Å². The number of rotatable bonds is 6. The molecule has 2 atom stereocenters. The van der Waals surface area contributed by atoms with Gasteiger partial charge in [-0.1, -0.05) is 32.8 Å². The van der Waals surface area contributed by atoms with E-state index in [9.17, 15) is 4.79 Å². The smallest absolute Gasteiger partial charge is 0.231 e. The van der Waals surface area contributed by atoms with E-state index >= 15 is 0 Å². The van der Waals surface area contributed by atoms with Crippen LogP contribution in [0, 0.1) is 5.92 Å². The van der Waals surface area contributed by atoms with Crippen LogP contribution < -0.4 is 9.47 Å². The number of ether oxygens (including phenoxy) is 2. The molecule has 4 nitrogen and oxygen atoms in total. The number of benzene rings is 1. The molecule has 1 fully saturated rings. The van der Waals surface area contributed by atoms with Gasteiger partial charge in [-0.3, -0.25) is 4.79 Å². The van der Waals surface area contributed by atoms with Gasteiger partial charge in [0, 0.05) is 18.2 Å². The standard InChI is InChI=1S/C18H25NO3S/c1-3-5-6-13(4-2)17(20)19-9-10-23-18(19)14-7-8-15-16(11-14)22-12-21-15/h7-8,11,13,18H,3-6,9-10,12H2,1-2H3/t13-,18+/m1/s1. The summed E-state index contributed by atoms with van der Waals surface area (Å²) >= 11 is 1.84. The maximum atomic E-state index is 13.0. The number of nitrogens with zero attached hydrogens (tertiary/aromatic N) is 1. The van der Waals surface area contributed by atoms with Crippen molar-refractivity contribution in [3.63, 3.8) is 0 Å². The molecule has 126 valence electrons. The van der Waals surface area contributed by atoms with Crippen LogP contribution in [-0.2, 0) is 4.79 Å². The molecule has 0 spiro atoms. The van der Waals surface area contributed by atoms with Crippen LogP contribution in [0.2, 0.25) is 0 Å². The molecule has 2 aliphatic heterocycles. The molecule has 0 bridgehead atoms. The second kappa shape index (κ2) is 7.47. The van der Waals surface area contributed by atoms with Crippen LogP contribution in [-0.4, -0.2) is 29.9 Å². The zero-order chi connectivity index (χ0) is 16.2. The maximum Gasteiger partial charge on any atom is 0.231 e. The maximum absolute atomic E-state index is 13.0. The second-order valence-corrected chi connectivity index (χ2v) is 7.30. The molecular formula is C18H25NO3S. The summed E-state index contributed by atoms with van der Waals surface area (Å²) in [4.78, 5) is 15.0. The lowest BCUT2D eigenvalue weighted by Crippen LogP contribution is -2.35. The fourth-order valence-electron chi connectivity index (χ4n) is 3.23. The Morgan fingerprint density at radius 2 is 2.17 bits per heavy atom. The van der Waals surface area contributed by atoms with Crippen LogP contribution in [0.4, 0.5) is 0 Å². The lowest BCUT2D eigenvalue weighted by atomic mass is 9.97. The Morgan fingerprint density at radius 3 is 2.96 bits per heavy atom. The molecule has 2 aliphatic rings. The van der Waals surface area contributed by atoms with E-state index in [1.54, 1.807) is 0 Å². The molecule has 0 N–H and O–H groups in total. The summed E-state index contributed by atoms with van der Waals surface area (Å²) in [5.41, 5.74) is 1.13. The number of hydrogen-bond donors (Lipinski definition) is 0. The van der Waals surface area contributed by atoms with Crippen LogP contribution in [0.5, 0.6) is 11.5 Å². The summed E-state index contributed by atoms with van der Waals surface area (Å²) < 4.78 is 10.9. The molecule has 1 amide bonds. The largest absolute Gasteiger partial charge is 0.454 e. The van der Waals surface area contributed by atoms with Crippen molar-refractivity contribution < 1.29 is 14.3 Å². The average molecular weight is 335 g/mol. The van der Waals surface area contributed by atoms with Crippen molar-refractivity contribution in [3.05, 3.63) is 23.8 Å². The van der Waals surface area contributed by atoms with E-state index in [0.29, 0.717) is 5.91 Å². The molecule has 0 aliphatic carbocycles. The van der Waals surface area contributed by atoms with Crippen molar-refractivity contribution in [1.82, 2.24) is 4.90 Å². The predicted octanol–water partition coefficient (Wildman–Crippen LogP) is 4.21. The molecule has 5 heteroatoms. The van der Waals surface area contributed by atoms with E-state index in [1.165, 1.54) is 0 Å². The Kier molecular flexibility index (Phi) is 5.36. The lowest BCUT2D eigenvalue weighted by Gasteiger charge is -2.28. The van der Waals surface area contributed by atoms with Crippen LogP contribution in [0.3, 0.4) is 0 Å². The fourth-order valence-corrected chi connectivity index (χ4v) is 4.48. The molecule has 2 heterocycles. The first-order valence-electron chi connectivity index (χ1n) is 8.56. The van der Waals surface area contributed by atoms with Gasteiger partial charge in [0.05, 0.1) is 0 Å². The monoisotopic (exact) mass is 335 g/mol. The van der Waals surface area contributed by atoms with Gasteiger partial charge in [0.25, 0.3) is 0 Å². The zero-order valence-corrected chi connectivity index (χ0v) is 14.7. The summed E-state index contributed by atoms with van der Waals surface area (Å²) in [6.45, 7) is 5.43. The molecule has 0 unspecified atom stereocenters. The van der Waals surface area contributed by atoms with E-state index in [4.69, 9.17) is 9.47 Å². The Balaban J connectivity index is 1.75. The molecule has 1 aromatic rings. The van der Waals surface area contributed by atoms with Crippen LogP contribution in [0.25, 0.3) is 0 Å². The van der Waals surface area contributed by atoms with Gasteiger partial charge in [0.15, 0.2) is 11.5 Å². The van der Waals surface area contributed by atoms with Crippen LogP contribution in [0.1, 0.15) is 50.5 Å². The molecule has 1 aromatic carbocycles. The van der Waals surface area contributed by atoms with Gasteiger partial charge in [-0.25, -0.2) is 0 Å². The molecule has 0 radical (unpaired) electrons. The summed E-state index contributed by atoms with van der Waals surface area (Å²) in [5.74, 6) is 3.05. The van der Waals surface area contributed by atoms with Crippen molar-refractivity contribution in [2.75, 3.05) is 19.1 Å². The van der Waals surface area contributed by atoms with Crippen molar-refractivity contribution in [3.8, 4) is 11.5 Å². The van der Waals surface area contributed by atoms with Crippen molar-refractivity contribution in [1.29, 1.82) is 0 Å². The highest BCUT2D eigenvalue weighted by Crippen LogP contribution is 2.43. The Morgan fingerprint density at radius 1 is 1.35 bits per heavy atom. The van der Waals surface area contributed by atoms with Crippen molar-refractivity contribution in [2.45, 2.75) is 44.9 Å². The summed E-state index contributed by atoms with van der Waals surface area (Å²) in [6, 6.07) is 6.04. The number of unbranched alkanes of at least 4 members (excludes halogenated alkanes) is 1. The minimum atomic E-state index is 0.104. The number of fused-ring (bicyclic) bond motifs is 1. The number of amides is 1. The SMILES string of the molecule is CCCC[C@@H](CC)C(=O)N1CCS[C@H]1c1ccc2c(c1)OCO2. The number of carbonyl (C=O) groups excluding carboxylic acids is 1.